The highest BCUT2D eigenvalue weighted by Gasteiger charge is 2.34. The van der Waals surface area contributed by atoms with Gasteiger partial charge in [0.25, 0.3) is 11.7 Å². The molecule has 0 aliphatic heterocycles. The van der Waals surface area contributed by atoms with Crippen molar-refractivity contribution in [2.75, 3.05) is 6.54 Å². The normalized spacial score (nSPS) is 13.2. The first kappa shape index (κ1) is 21.2. The zero-order valence-electron chi connectivity index (χ0n) is 16.3. The number of amides is 1. The molecule has 0 fully saturated rings. The quantitative estimate of drug-likeness (QED) is 0.429. The van der Waals surface area contributed by atoms with E-state index in [4.69, 9.17) is 0 Å². The molecule has 1 N–H and O–H groups in total. The van der Waals surface area contributed by atoms with Gasteiger partial charge in [-0.25, -0.2) is 13.8 Å². The van der Waals surface area contributed by atoms with Gasteiger partial charge in [-0.2, -0.15) is 5.10 Å². The fourth-order valence-corrected chi connectivity index (χ4v) is 4.08. The molecule has 31 heavy (non-hydrogen) atoms. The van der Waals surface area contributed by atoms with Gasteiger partial charge in [-0.1, -0.05) is 0 Å². The van der Waals surface area contributed by atoms with E-state index in [9.17, 15) is 13.6 Å². The van der Waals surface area contributed by atoms with Crippen molar-refractivity contribution in [1.82, 2.24) is 40.3 Å². The van der Waals surface area contributed by atoms with Crippen LogP contribution in [-0.4, -0.2) is 47.4 Å². The second kappa shape index (κ2) is 8.23. The number of rotatable bonds is 6. The number of tetrazole rings is 1. The number of hydrogen-bond acceptors (Lipinski definition) is 7. The van der Waals surface area contributed by atoms with Crippen molar-refractivity contribution < 1.29 is 13.6 Å². The SMILES string of the molecule is Cn1cc(C(C)(CNC(=O)c2nnn(-c3ccc(F)cc3F)n2)c2csc(Br)n2)cn1. The van der Waals surface area contributed by atoms with Crippen molar-refractivity contribution in [2.24, 2.45) is 7.05 Å². The van der Waals surface area contributed by atoms with Crippen LogP contribution in [0.15, 0.2) is 39.9 Å². The number of aryl methyl sites for hydroxylation is 1. The Labute approximate surface area is 187 Å². The Morgan fingerprint density at radius 2 is 2.16 bits per heavy atom. The van der Waals surface area contributed by atoms with E-state index in [-0.39, 0.29) is 18.1 Å². The van der Waals surface area contributed by atoms with Crippen LogP contribution >= 0.6 is 27.3 Å². The Bertz CT molecular complexity index is 1210. The summed E-state index contributed by atoms with van der Waals surface area (Å²) in [7, 11) is 1.80. The molecule has 0 aliphatic rings. The number of carbonyl (C=O) groups excluding carboxylic acids is 1. The van der Waals surface area contributed by atoms with Crippen LogP contribution in [0.5, 0.6) is 0 Å². The van der Waals surface area contributed by atoms with Crippen molar-refractivity contribution in [3.8, 4) is 5.69 Å². The van der Waals surface area contributed by atoms with Crippen LogP contribution in [0.4, 0.5) is 8.78 Å². The van der Waals surface area contributed by atoms with Gasteiger partial charge in [0.05, 0.1) is 17.3 Å². The predicted octanol–water partition coefficient (Wildman–Crippen LogP) is 2.63. The van der Waals surface area contributed by atoms with Gasteiger partial charge in [-0.05, 0) is 40.2 Å². The Hall–Kier alpha value is -3.06. The van der Waals surface area contributed by atoms with Gasteiger partial charge in [-0.3, -0.25) is 9.48 Å². The summed E-state index contributed by atoms with van der Waals surface area (Å²) >= 11 is 4.80. The minimum absolute atomic E-state index is 0.125. The molecule has 9 nitrogen and oxygen atoms in total. The van der Waals surface area contributed by atoms with Gasteiger partial charge < -0.3 is 5.32 Å². The molecule has 1 unspecified atom stereocenters. The molecule has 0 saturated heterocycles. The predicted molar refractivity (Wildman–Crippen MR) is 111 cm³/mol. The third kappa shape index (κ3) is 4.23. The molecule has 4 rings (SSSR count). The number of hydrogen-bond donors (Lipinski definition) is 1. The second-order valence-electron chi connectivity index (χ2n) is 6.90. The highest BCUT2D eigenvalue weighted by Crippen LogP contribution is 2.33. The molecule has 0 radical (unpaired) electrons. The summed E-state index contributed by atoms with van der Waals surface area (Å²) in [6.45, 7) is 2.11. The molecule has 13 heteroatoms. The number of halogens is 3. The minimum atomic E-state index is -0.873. The first-order chi connectivity index (χ1) is 14.8. The lowest BCUT2D eigenvalue weighted by Gasteiger charge is -2.26. The Morgan fingerprint density at radius 1 is 1.35 bits per heavy atom. The molecule has 0 bridgehead atoms. The molecule has 1 amide bonds. The maximum Gasteiger partial charge on any atom is 0.292 e. The average molecular weight is 509 g/mol. The summed E-state index contributed by atoms with van der Waals surface area (Å²) in [5.74, 6) is -2.46. The number of aromatic nitrogens is 7. The fraction of sp³-hybridized carbons (Fsp3) is 0.222. The summed E-state index contributed by atoms with van der Waals surface area (Å²) in [5.41, 5.74) is 0.812. The largest absolute Gasteiger partial charge is 0.348 e. The molecule has 160 valence electrons. The highest BCUT2D eigenvalue weighted by molar-refractivity contribution is 9.11. The van der Waals surface area contributed by atoms with E-state index in [0.29, 0.717) is 6.07 Å². The summed E-state index contributed by atoms with van der Waals surface area (Å²) in [6, 6.07) is 2.92. The first-order valence-corrected chi connectivity index (χ1v) is 10.6. The number of benzene rings is 1. The Kier molecular flexibility index (Phi) is 5.62. The molecule has 0 spiro atoms. The van der Waals surface area contributed by atoms with E-state index < -0.39 is 23.0 Å². The second-order valence-corrected chi connectivity index (χ2v) is 9.04. The fourth-order valence-electron chi connectivity index (χ4n) is 2.94. The number of nitrogens with one attached hydrogen (secondary N) is 1. The van der Waals surface area contributed by atoms with Crippen LogP contribution in [0.2, 0.25) is 0 Å². The van der Waals surface area contributed by atoms with Gasteiger partial charge in [0.1, 0.15) is 11.5 Å². The van der Waals surface area contributed by atoms with Gasteiger partial charge in [-0.15, -0.1) is 26.3 Å². The third-order valence-electron chi connectivity index (χ3n) is 4.73. The third-order valence-corrected chi connectivity index (χ3v) is 6.09. The molecule has 1 aromatic carbocycles. The number of thiazole rings is 1. The zero-order valence-corrected chi connectivity index (χ0v) is 18.7. The van der Waals surface area contributed by atoms with Crippen molar-refractivity contribution >= 4 is 33.2 Å². The standard InChI is InChI=1S/C18H15BrF2N8OS/c1-18(10-6-23-28(2)7-10,14-8-31-17(19)24-14)9-22-16(30)15-25-27-29(26-15)13-4-3-11(20)5-12(13)21/h3-8H,9H2,1-2H3,(H,22,30). The monoisotopic (exact) mass is 508 g/mol. The molecule has 0 saturated carbocycles. The lowest BCUT2D eigenvalue weighted by molar-refractivity contribution is 0.0936. The summed E-state index contributed by atoms with van der Waals surface area (Å²) < 4.78 is 29.4. The van der Waals surface area contributed by atoms with E-state index in [1.807, 2.05) is 18.5 Å². The summed E-state index contributed by atoms with van der Waals surface area (Å²) in [6.07, 6.45) is 3.57. The minimum Gasteiger partial charge on any atom is -0.348 e. The molecule has 4 aromatic rings. The van der Waals surface area contributed by atoms with Gasteiger partial charge >= 0.3 is 0 Å². The maximum absolute atomic E-state index is 13.9. The van der Waals surface area contributed by atoms with Crippen LogP contribution in [0.3, 0.4) is 0 Å². The average Bonchev–Trinajstić information content (AvgIpc) is 3.47. The lowest BCUT2D eigenvalue weighted by Crippen LogP contribution is -2.40. The highest BCUT2D eigenvalue weighted by atomic mass is 79.9. The summed E-state index contributed by atoms with van der Waals surface area (Å²) in [4.78, 5) is 18.0. The van der Waals surface area contributed by atoms with E-state index >= 15 is 0 Å². The smallest absolute Gasteiger partial charge is 0.292 e. The van der Waals surface area contributed by atoms with Crippen LogP contribution in [0.1, 0.15) is 28.8 Å². The van der Waals surface area contributed by atoms with Crippen molar-refractivity contribution in [1.29, 1.82) is 0 Å². The van der Waals surface area contributed by atoms with Crippen molar-refractivity contribution in [3.05, 3.63) is 68.6 Å². The maximum atomic E-state index is 13.9. The van der Waals surface area contributed by atoms with Gasteiger partial charge in [0.2, 0.25) is 0 Å². The lowest BCUT2D eigenvalue weighted by atomic mass is 9.81. The van der Waals surface area contributed by atoms with E-state index in [1.165, 1.54) is 11.3 Å². The molecular formula is C18H15BrF2N8OS. The Balaban J connectivity index is 1.56. The first-order valence-electron chi connectivity index (χ1n) is 8.90. The van der Waals surface area contributed by atoms with Gasteiger partial charge in [0, 0.05) is 36.8 Å². The Morgan fingerprint density at radius 3 is 2.81 bits per heavy atom. The molecule has 3 heterocycles. The zero-order chi connectivity index (χ0) is 22.2. The number of carbonyl (C=O) groups is 1. The molecule has 3 aromatic heterocycles. The molecule has 1 atom stereocenters. The van der Waals surface area contributed by atoms with Crippen LogP contribution in [-0.2, 0) is 12.5 Å². The van der Waals surface area contributed by atoms with Crippen molar-refractivity contribution in [3.63, 3.8) is 0 Å². The summed E-state index contributed by atoms with van der Waals surface area (Å²) in [5, 5.41) is 20.2. The van der Waals surface area contributed by atoms with E-state index in [2.05, 4.69) is 46.7 Å². The van der Waals surface area contributed by atoms with Gasteiger partial charge in [0.15, 0.2) is 9.73 Å². The van der Waals surface area contributed by atoms with Crippen molar-refractivity contribution in [2.45, 2.75) is 12.3 Å². The number of nitrogens with zero attached hydrogens (tertiary/aromatic N) is 7. The topological polar surface area (TPSA) is 103 Å². The molecular weight excluding hydrogens is 494 g/mol. The van der Waals surface area contributed by atoms with E-state index in [1.54, 1.807) is 17.9 Å². The van der Waals surface area contributed by atoms with E-state index in [0.717, 1.165) is 32.1 Å². The molecule has 0 aliphatic carbocycles. The van der Waals surface area contributed by atoms with Crippen LogP contribution in [0.25, 0.3) is 5.69 Å². The van der Waals surface area contributed by atoms with Crippen LogP contribution < -0.4 is 5.32 Å². The van der Waals surface area contributed by atoms with Crippen LogP contribution in [0, 0.1) is 11.6 Å².